The Balaban J connectivity index is 1.11. The van der Waals surface area contributed by atoms with Crippen LogP contribution in [0.2, 0.25) is 0 Å². The number of rotatable bonds is 6. The van der Waals surface area contributed by atoms with Crippen LogP contribution >= 0.6 is 0 Å². The van der Waals surface area contributed by atoms with Crippen LogP contribution < -0.4 is 0 Å². The minimum atomic E-state index is 0.596. The molecule has 0 fully saturated rings. The van der Waals surface area contributed by atoms with Crippen molar-refractivity contribution < 1.29 is 4.42 Å². The van der Waals surface area contributed by atoms with Crippen LogP contribution in [0.1, 0.15) is 0 Å². The van der Waals surface area contributed by atoms with Gasteiger partial charge >= 0.3 is 0 Å². The summed E-state index contributed by atoms with van der Waals surface area (Å²) in [5.41, 5.74) is 11.3. The molecule has 0 saturated carbocycles. The first-order valence-electron chi connectivity index (χ1n) is 17.8. The van der Waals surface area contributed by atoms with Crippen molar-refractivity contribution in [1.82, 2.24) is 15.0 Å². The fraction of sp³-hybridized carbons (Fsp3) is 0. The molecule has 0 aliphatic rings. The summed E-state index contributed by atoms with van der Waals surface area (Å²) in [5.74, 6) is 1.81. The molecule has 2 heterocycles. The van der Waals surface area contributed by atoms with Gasteiger partial charge in [0.05, 0.1) is 0 Å². The maximum absolute atomic E-state index is 6.26. The highest BCUT2D eigenvalue weighted by molar-refractivity contribution is 6.11. The van der Waals surface area contributed by atoms with Crippen molar-refractivity contribution in [3.05, 3.63) is 188 Å². The van der Waals surface area contributed by atoms with E-state index in [4.69, 9.17) is 19.4 Å². The van der Waals surface area contributed by atoms with Gasteiger partial charge in [-0.15, -0.1) is 0 Å². The number of hydrogen-bond donors (Lipinski definition) is 0. The van der Waals surface area contributed by atoms with Crippen LogP contribution in [0.3, 0.4) is 0 Å². The average molecular weight is 678 g/mol. The van der Waals surface area contributed by atoms with Crippen LogP contribution in [0.5, 0.6) is 0 Å². The summed E-state index contributed by atoms with van der Waals surface area (Å²) in [4.78, 5) is 15.4. The highest BCUT2D eigenvalue weighted by atomic mass is 16.3. The Morgan fingerprint density at radius 3 is 1.55 bits per heavy atom. The van der Waals surface area contributed by atoms with Crippen LogP contribution in [-0.2, 0) is 0 Å². The first-order chi connectivity index (χ1) is 26.2. The summed E-state index contributed by atoms with van der Waals surface area (Å²) in [5, 5.41) is 4.42. The van der Waals surface area contributed by atoms with E-state index in [9.17, 15) is 0 Å². The Morgan fingerprint density at radius 2 is 0.792 bits per heavy atom. The minimum Gasteiger partial charge on any atom is -0.456 e. The standard InChI is InChI=1S/C49H31N3O/c1-3-11-32(12-4-1)34-21-25-36(26-22-34)47-50-48(52-49(51-47)43-18-10-20-45-46(43)42-17-7-8-19-44(42)53-45)40-16-9-15-37(29-40)39-28-24-35-23-27-38(30-41(35)31-39)33-13-5-2-6-14-33/h1-31H. The molecular weight excluding hydrogens is 647 g/mol. The molecule has 0 spiro atoms. The molecule has 0 radical (unpaired) electrons. The number of furan rings is 1. The molecule has 2 aromatic heterocycles. The van der Waals surface area contributed by atoms with Crippen LogP contribution in [0.4, 0.5) is 0 Å². The predicted molar refractivity (Wildman–Crippen MR) is 217 cm³/mol. The highest BCUT2D eigenvalue weighted by Crippen LogP contribution is 2.37. The molecule has 53 heavy (non-hydrogen) atoms. The molecule has 0 amide bonds. The Hall–Kier alpha value is -7.17. The fourth-order valence-corrected chi connectivity index (χ4v) is 7.23. The van der Waals surface area contributed by atoms with Crippen LogP contribution in [0.25, 0.3) is 100 Å². The van der Waals surface area contributed by atoms with Crippen molar-refractivity contribution in [3.8, 4) is 67.5 Å². The molecule has 10 rings (SSSR count). The summed E-state index contributed by atoms with van der Waals surface area (Å²) < 4.78 is 6.26. The highest BCUT2D eigenvalue weighted by Gasteiger charge is 2.18. The van der Waals surface area contributed by atoms with E-state index in [-0.39, 0.29) is 0 Å². The zero-order valence-electron chi connectivity index (χ0n) is 28.6. The van der Waals surface area contributed by atoms with E-state index in [0.717, 1.165) is 60.9 Å². The molecule has 0 aliphatic heterocycles. The molecule has 0 saturated heterocycles. The van der Waals surface area contributed by atoms with Gasteiger partial charge in [-0.3, -0.25) is 0 Å². The largest absolute Gasteiger partial charge is 0.456 e. The molecule has 10 aromatic rings. The molecule has 0 unspecified atom stereocenters. The fourth-order valence-electron chi connectivity index (χ4n) is 7.23. The van der Waals surface area contributed by atoms with E-state index < -0.39 is 0 Å². The van der Waals surface area contributed by atoms with Gasteiger partial charge in [-0.2, -0.15) is 0 Å². The Kier molecular flexibility index (Phi) is 7.43. The summed E-state index contributed by atoms with van der Waals surface area (Å²) in [7, 11) is 0. The maximum Gasteiger partial charge on any atom is 0.164 e. The van der Waals surface area contributed by atoms with Crippen molar-refractivity contribution >= 4 is 32.7 Å². The van der Waals surface area contributed by atoms with Gasteiger partial charge in [0.15, 0.2) is 17.5 Å². The molecule has 0 bridgehead atoms. The molecule has 0 aliphatic carbocycles. The van der Waals surface area contributed by atoms with Crippen LogP contribution in [0, 0.1) is 0 Å². The number of fused-ring (bicyclic) bond motifs is 4. The molecule has 8 aromatic carbocycles. The number of nitrogens with zero attached hydrogens (tertiary/aromatic N) is 3. The monoisotopic (exact) mass is 677 g/mol. The van der Waals surface area contributed by atoms with Crippen molar-refractivity contribution in [2.75, 3.05) is 0 Å². The van der Waals surface area contributed by atoms with Crippen molar-refractivity contribution in [1.29, 1.82) is 0 Å². The third kappa shape index (κ3) is 5.73. The SMILES string of the molecule is c1ccc(-c2ccc(-c3nc(-c4cccc(-c5ccc6ccc(-c7ccccc7)cc6c5)c4)nc(-c4cccc5oc6ccccc6c45)n3)cc2)cc1. The number of benzene rings is 8. The van der Waals surface area contributed by atoms with E-state index in [1.807, 2.05) is 36.4 Å². The normalized spacial score (nSPS) is 11.4. The van der Waals surface area contributed by atoms with Crippen molar-refractivity contribution in [3.63, 3.8) is 0 Å². The second kappa shape index (κ2) is 12.9. The second-order valence-corrected chi connectivity index (χ2v) is 13.3. The van der Waals surface area contributed by atoms with Gasteiger partial charge < -0.3 is 4.42 Å². The van der Waals surface area contributed by atoms with Gasteiger partial charge in [0.2, 0.25) is 0 Å². The van der Waals surface area contributed by atoms with Crippen LogP contribution in [0.15, 0.2) is 192 Å². The lowest BCUT2D eigenvalue weighted by Gasteiger charge is -2.11. The molecular formula is C49H31N3O. The average Bonchev–Trinajstić information content (AvgIpc) is 3.63. The Bertz CT molecular complexity index is 2930. The lowest BCUT2D eigenvalue weighted by Crippen LogP contribution is -2.00. The minimum absolute atomic E-state index is 0.596. The van der Waals surface area contributed by atoms with Gasteiger partial charge in [-0.05, 0) is 74.5 Å². The van der Waals surface area contributed by atoms with Gasteiger partial charge in [-0.25, -0.2) is 15.0 Å². The van der Waals surface area contributed by atoms with E-state index in [2.05, 4.69) is 152 Å². The summed E-state index contributed by atoms with van der Waals surface area (Å²) in [6.07, 6.45) is 0. The molecule has 4 nitrogen and oxygen atoms in total. The van der Waals surface area contributed by atoms with Gasteiger partial charge in [0.25, 0.3) is 0 Å². The van der Waals surface area contributed by atoms with Crippen LogP contribution in [-0.4, -0.2) is 15.0 Å². The topological polar surface area (TPSA) is 51.8 Å². The Morgan fingerprint density at radius 1 is 0.302 bits per heavy atom. The zero-order valence-corrected chi connectivity index (χ0v) is 28.6. The van der Waals surface area contributed by atoms with Gasteiger partial charge in [0, 0.05) is 27.5 Å². The molecule has 0 N–H and O–H groups in total. The summed E-state index contributed by atoms with van der Waals surface area (Å²) in [6, 6.07) is 65.3. The predicted octanol–water partition coefficient (Wildman–Crippen LogP) is 12.9. The lowest BCUT2D eigenvalue weighted by atomic mass is 9.97. The number of aromatic nitrogens is 3. The second-order valence-electron chi connectivity index (χ2n) is 13.3. The maximum atomic E-state index is 6.26. The Labute approximate surface area is 306 Å². The van der Waals surface area contributed by atoms with Gasteiger partial charge in [-0.1, -0.05) is 158 Å². The van der Waals surface area contributed by atoms with E-state index in [1.54, 1.807) is 0 Å². The van der Waals surface area contributed by atoms with Crippen molar-refractivity contribution in [2.45, 2.75) is 0 Å². The number of para-hydroxylation sites is 1. The molecule has 4 heteroatoms. The first-order valence-corrected chi connectivity index (χ1v) is 17.8. The lowest BCUT2D eigenvalue weighted by molar-refractivity contribution is 0.669. The van der Waals surface area contributed by atoms with Gasteiger partial charge in [0.1, 0.15) is 11.2 Å². The summed E-state index contributed by atoms with van der Waals surface area (Å²) >= 11 is 0. The van der Waals surface area contributed by atoms with E-state index in [1.165, 1.54) is 21.9 Å². The quantitative estimate of drug-likeness (QED) is 0.176. The molecule has 248 valence electrons. The third-order valence-corrected chi connectivity index (χ3v) is 9.93. The van der Waals surface area contributed by atoms with E-state index >= 15 is 0 Å². The zero-order chi connectivity index (χ0) is 35.1. The molecule has 0 atom stereocenters. The van der Waals surface area contributed by atoms with Crippen molar-refractivity contribution in [2.24, 2.45) is 0 Å². The van der Waals surface area contributed by atoms with E-state index in [0.29, 0.717) is 17.5 Å². The summed E-state index contributed by atoms with van der Waals surface area (Å²) in [6.45, 7) is 0. The number of hydrogen-bond acceptors (Lipinski definition) is 4. The first kappa shape index (κ1) is 30.6. The smallest absolute Gasteiger partial charge is 0.164 e. The third-order valence-electron chi connectivity index (χ3n) is 9.93.